The van der Waals surface area contributed by atoms with Gasteiger partial charge in [-0.2, -0.15) is 0 Å². The molecule has 0 spiro atoms. The molecule has 0 aliphatic carbocycles. The summed E-state index contributed by atoms with van der Waals surface area (Å²) in [5.74, 6) is -0.0126. The van der Waals surface area contributed by atoms with Gasteiger partial charge in [0.25, 0.3) is 0 Å². The second-order valence-electron chi connectivity index (χ2n) is 4.47. The largest absolute Gasteiger partial charge is 0.386 e. The number of amidine groups is 1. The standard InChI is InChI=1S/C8H17N3O2S/c1-7(2,3)14(12)11-8(6(9)10)4-13-5-8/h11H,4-5H2,1-3H3,(H3,9,10). The Morgan fingerprint density at radius 2 is 2.07 bits per heavy atom. The first-order valence-corrected chi connectivity index (χ1v) is 5.55. The molecule has 0 radical (unpaired) electrons. The van der Waals surface area contributed by atoms with Crippen molar-refractivity contribution in [2.75, 3.05) is 13.2 Å². The summed E-state index contributed by atoms with van der Waals surface area (Å²) < 4.78 is 19.3. The van der Waals surface area contributed by atoms with Gasteiger partial charge in [-0.3, -0.25) is 5.41 Å². The van der Waals surface area contributed by atoms with Gasteiger partial charge in [-0.05, 0) is 20.8 Å². The molecule has 5 nitrogen and oxygen atoms in total. The van der Waals surface area contributed by atoms with Crippen molar-refractivity contribution in [2.24, 2.45) is 5.73 Å². The van der Waals surface area contributed by atoms with Gasteiger partial charge in [-0.1, -0.05) is 0 Å². The maximum Gasteiger partial charge on any atom is 0.133 e. The molecule has 0 aromatic heterocycles. The van der Waals surface area contributed by atoms with Crippen LogP contribution in [0.1, 0.15) is 20.8 Å². The molecule has 6 heteroatoms. The van der Waals surface area contributed by atoms with Crippen molar-refractivity contribution in [1.82, 2.24) is 4.72 Å². The molecule has 0 aromatic carbocycles. The van der Waals surface area contributed by atoms with E-state index in [-0.39, 0.29) is 10.6 Å². The molecule has 82 valence electrons. The molecule has 1 saturated heterocycles. The smallest absolute Gasteiger partial charge is 0.133 e. The highest BCUT2D eigenvalue weighted by molar-refractivity contribution is 7.84. The van der Waals surface area contributed by atoms with E-state index < -0.39 is 16.5 Å². The van der Waals surface area contributed by atoms with Crippen LogP contribution in [0.4, 0.5) is 0 Å². The maximum absolute atomic E-state index is 11.8. The van der Waals surface area contributed by atoms with E-state index in [9.17, 15) is 4.21 Å². The van der Waals surface area contributed by atoms with E-state index in [1.54, 1.807) is 0 Å². The Balaban J connectivity index is 2.67. The third-order valence-electron chi connectivity index (χ3n) is 2.06. The lowest BCUT2D eigenvalue weighted by Gasteiger charge is -2.41. The number of hydrogen-bond donors (Lipinski definition) is 3. The molecule has 1 aliphatic heterocycles. The van der Waals surface area contributed by atoms with Crippen LogP contribution in [0.2, 0.25) is 0 Å². The fraction of sp³-hybridized carbons (Fsp3) is 0.875. The van der Waals surface area contributed by atoms with Gasteiger partial charge in [0.2, 0.25) is 0 Å². The van der Waals surface area contributed by atoms with Crippen molar-refractivity contribution in [1.29, 1.82) is 5.41 Å². The molecule has 0 aromatic rings. The minimum absolute atomic E-state index is 0.0126. The molecule has 0 amide bonds. The van der Waals surface area contributed by atoms with Crippen LogP contribution in [0.5, 0.6) is 0 Å². The van der Waals surface area contributed by atoms with E-state index in [1.165, 1.54) is 0 Å². The van der Waals surface area contributed by atoms with Crippen LogP contribution in [0, 0.1) is 5.41 Å². The van der Waals surface area contributed by atoms with Crippen LogP contribution in [0.25, 0.3) is 0 Å². The van der Waals surface area contributed by atoms with Crippen molar-refractivity contribution < 1.29 is 8.95 Å². The predicted molar refractivity (Wildman–Crippen MR) is 56.5 cm³/mol. The molecule has 1 aliphatic rings. The number of ether oxygens (including phenoxy) is 1. The predicted octanol–water partition coefficient (Wildman–Crippen LogP) is -0.257. The van der Waals surface area contributed by atoms with Crippen molar-refractivity contribution in [3.63, 3.8) is 0 Å². The number of nitrogens with one attached hydrogen (secondary N) is 2. The zero-order valence-corrected chi connectivity index (χ0v) is 9.53. The lowest BCUT2D eigenvalue weighted by molar-refractivity contribution is -0.0264. The molecule has 0 bridgehead atoms. The minimum Gasteiger partial charge on any atom is -0.386 e. The summed E-state index contributed by atoms with van der Waals surface area (Å²) in [5.41, 5.74) is 4.72. The molecule has 1 heterocycles. The number of rotatable bonds is 3. The summed E-state index contributed by atoms with van der Waals surface area (Å²) in [6.45, 7) is 6.24. The SMILES string of the molecule is CC(C)(C)S(=O)NC1(C(=N)N)COC1. The molecular weight excluding hydrogens is 202 g/mol. The van der Waals surface area contributed by atoms with Crippen molar-refractivity contribution in [2.45, 2.75) is 31.1 Å². The van der Waals surface area contributed by atoms with Gasteiger partial charge in [0.1, 0.15) is 11.4 Å². The second kappa shape index (κ2) is 3.60. The third kappa shape index (κ3) is 2.13. The number of nitrogens with two attached hydrogens (primary N) is 1. The van der Waals surface area contributed by atoms with Gasteiger partial charge in [0, 0.05) is 0 Å². The van der Waals surface area contributed by atoms with Gasteiger partial charge in [0.15, 0.2) is 0 Å². The Morgan fingerprint density at radius 1 is 1.57 bits per heavy atom. The van der Waals surface area contributed by atoms with E-state index in [1.807, 2.05) is 20.8 Å². The summed E-state index contributed by atoms with van der Waals surface area (Å²) >= 11 is 0. The van der Waals surface area contributed by atoms with Crippen molar-refractivity contribution in [3.8, 4) is 0 Å². The molecule has 1 atom stereocenters. The first-order chi connectivity index (χ1) is 6.28. The molecule has 1 fully saturated rings. The summed E-state index contributed by atoms with van der Waals surface area (Å²) in [6, 6.07) is 0. The van der Waals surface area contributed by atoms with Gasteiger partial charge in [-0.15, -0.1) is 0 Å². The minimum atomic E-state index is -1.23. The van der Waals surface area contributed by atoms with Gasteiger partial charge >= 0.3 is 0 Å². The van der Waals surface area contributed by atoms with Crippen molar-refractivity contribution in [3.05, 3.63) is 0 Å². The molecular formula is C8H17N3O2S. The van der Waals surface area contributed by atoms with Crippen molar-refractivity contribution >= 4 is 16.8 Å². The van der Waals surface area contributed by atoms with Crippen LogP contribution in [-0.4, -0.2) is 33.5 Å². The highest BCUT2D eigenvalue weighted by atomic mass is 32.2. The van der Waals surface area contributed by atoms with Crippen LogP contribution >= 0.6 is 0 Å². The van der Waals surface area contributed by atoms with Crippen LogP contribution in [0.3, 0.4) is 0 Å². The van der Waals surface area contributed by atoms with Gasteiger partial charge in [-0.25, -0.2) is 8.93 Å². The Morgan fingerprint density at radius 3 is 2.29 bits per heavy atom. The number of hydrogen-bond acceptors (Lipinski definition) is 3. The van der Waals surface area contributed by atoms with E-state index in [2.05, 4.69) is 4.72 Å². The Hall–Kier alpha value is -0.460. The molecule has 4 N–H and O–H groups in total. The Kier molecular flexibility index (Phi) is 2.99. The van der Waals surface area contributed by atoms with Gasteiger partial charge in [0.05, 0.1) is 28.9 Å². The highest BCUT2D eigenvalue weighted by Crippen LogP contribution is 2.20. The molecule has 14 heavy (non-hydrogen) atoms. The lowest BCUT2D eigenvalue weighted by Crippen LogP contribution is -2.69. The zero-order chi connectivity index (χ0) is 11.0. The zero-order valence-electron chi connectivity index (χ0n) is 8.72. The van der Waals surface area contributed by atoms with E-state index in [0.717, 1.165) is 0 Å². The van der Waals surface area contributed by atoms with E-state index in [4.69, 9.17) is 15.9 Å². The first-order valence-electron chi connectivity index (χ1n) is 4.40. The monoisotopic (exact) mass is 219 g/mol. The third-order valence-corrected chi connectivity index (χ3v) is 3.75. The quantitative estimate of drug-likeness (QED) is 0.451. The van der Waals surface area contributed by atoms with Crippen LogP contribution < -0.4 is 10.5 Å². The summed E-state index contributed by atoms with van der Waals surface area (Å²) in [7, 11) is -1.23. The van der Waals surface area contributed by atoms with Crippen LogP contribution in [0.15, 0.2) is 0 Å². The van der Waals surface area contributed by atoms with Crippen LogP contribution in [-0.2, 0) is 15.7 Å². The first kappa shape index (κ1) is 11.6. The molecule has 0 saturated carbocycles. The summed E-state index contributed by atoms with van der Waals surface area (Å²) in [4.78, 5) is 0. The van der Waals surface area contributed by atoms with E-state index >= 15 is 0 Å². The summed E-state index contributed by atoms with van der Waals surface area (Å²) in [6.07, 6.45) is 0. The normalized spacial score (nSPS) is 22.5. The second-order valence-corrected chi connectivity index (χ2v) is 6.44. The molecule has 1 rings (SSSR count). The Bertz CT molecular complexity index is 268. The average molecular weight is 219 g/mol. The fourth-order valence-electron chi connectivity index (χ4n) is 0.906. The van der Waals surface area contributed by atoms with Gasteiger partial charge < -0.3 is 10.5 Å². The topological polar surface area (TPSA) is 88.2 Å². The summed E-state index contributed by atoms with van der Waals surface area (Å²) in [5, 5.41) is 7.40. The average Bonchev–Trinajstić information content (AvgIpc) is 1.93. The maximum atomic E-state index is 11.8. The molecule has 1 unspecified atom stereocenters. The Labute approximate surface area is 86.5 Å². The lowest BCUT2D eigenvalue weighted by atomic mass is 9.98. The van der Waals surface area contributed by atoms with E-state index in [0.29, 0.717) is 13.2 Å². The fourth-order valence-corrected chi connectivity index (χ4v) is 1.80. The highest BCUT2D eigenvalue weighted by Gasteiger charge is 2.44.